The third-order valence-electron chi connectivity index (χ3n) is 2.29. The first-order valence-electron chi connectivity index (χ1n) is 3.29. The van der Waals surface area contributed by atoms with Crippen molar-refractivity contribution in [2.24, 2.45) is 11.3 Å². The lowest BCUT2D eigenvalue weighted by atomic mass is 9.94. The van der Waals surface area contributed by atoms with Gasteiger partial charge >= 0.3 is 0 Å². The summed E-state index contributed by atoms with van der Waals surface area (Å²) >= 11 is 5.39. The molecule has 0 saturated heterocycles. The van der Waals surface area contributed by atoms with Crippen LogP contribution in [-0.2, 0) is 4.79 Å². The summed E-state index contributed by atoms with van der Waals surface area (Å²) in [4.78, 5) is 10.7. The minimum Gasteiger partial charge on any atom is -0.281 e. The van der Waals surface area contributed by atoms with Gasteiger partial charge in [-0.05, 0) is 30.4 Å². The van der Waals surface area contributed by atoms with Crippen LogP contribution in [0.4, 0.5) is 0 Å². The molecule has 2 heteroatoms. The standard InChI is InChI=1S/C7H11ClO/c1-5(2)7(3-4-7)6(8)9/h5H,3-4H2,1-2H3. The second kappa shape index (κ2) is 1.98. The second-order valence-corrected chi connectivity index (χ2v) is 3.43. The third-order valence-corrected chi connectivity index (χ3v) is 2.66. The molecule has 0 radical (unpaired) electrons. The predicted molar refractivity (Wildman–Crippen MR) is 37.4 cm³/mol. The van der Waals surface area contributed by atoms with Crippen molar-refractivity contribution in [2.75, 3.05) is 0 Å². The van der Waals surface area contributed by atoms with Crippen molar-refractivity contribution in [2.45, 2.75) is 26.7 Å². The van der Waals surface area contributed by atoms with E-state index in [0.29, 0.717) is 5.92 Å². The van der Waals surface area contributed by atoms with Crippen molar-refractivity contribution in [3.63, 3.8) is 0 Å². The van der Waals surface area contributed by atoms with E-state index in [2.05, 4.69) is 0 Å². The van der Waals surface area contributed by atoms with Crippen molar-refractivity contribution in [3.05, 3.63) is 0 Å². The molecule has 9 heavy (non-hydrogen) atoms. The van der Waals surface area contributed by atoms with Gasteiger partial charge in [0.1, 0.15) is 0 Å². The van der Waals surface area contributed by atoms with Gasteiger partial charge in [-0.2, -0.15) is 0 Å². The van der Waals surface area contributed by atoms with E-state index < -0.39 is 0 Å². The number of carbonyl (C=O) groups excluding carboxylic acids is 1. The Balaban J connectivity index is 2.63. The van der Waals surface area contributed by atoms with Crippen molar-refractivity contribution < 1.29 is 4.79 Å². The molecule has 0 amide bonds. The summed E-state index contributed by atoms with van der Waals surface area (Å²) in [6, 6.07) is 0. The number of hydrogen-bond acceptors (Lipinski definition) is 1. The van der Waals surface area contributed by atoms with Crippen molar-refractivity contribution in [3.8, 4) is 0 Å². The zero-order valence-corrected chi connectivity index (χ0v) is 6.53. The Hall–Kier alpha value is -0.0400. The first-order valence-corrected chi connectivity index (χ1v) is 3.67. The van der Waals surface area contributed by atoms with Gasteiger partial charge < -0.3 is 0 Å². The van der Waals surface area contributed by atoms with Gasteiger partial charge in [-0.15, -0.1) is 0 Å². The molecule has 0 aromatic carbocycles. The molecular formula is C7H11ClO. The van der Waals surface area contributed by atoms with Crippen molar-refractivity contribution >= 4 is 16.8 Å². The predicted octanol–water partition coefficient (Wildman–Crippen LogP) is 2.19. The van der Waals surface area contributed by atoms with Gasteiger partial charge in [-0.25, -0.2) is 0 Å². The Morgan fingerprint density at radius 2 is 2.00 bits per heavy atom. The van der Waals surface area contributed by atoms with Crippen LogP contribution in [0.1, 0.15) is 26.7 Å². The summed E-state index contributed by atoms with van der Waals surface area (Å²) in [5.74, 6) is 0.419. The maximum absolute atomic E-state index is 10.7. The Kier molecular flexibility index (Phi) is 1.55. The van der Waals surface area contributed by atoms with Gasteiger partial charge in [-0.3, -0.25) is 4.79 Å². The van der Waals surface area contributed by atoms with Crippen LogP contribution >= 0.6 is 11.6 Å². The summed E-state index contributed by atoms with van der Waals surface area (Å²) in [6.07, 6.45) is 1.99. The first-order chi connectivity index (χ1) is 4.09. The quantitative estimate of drug-likeness (QED) is 0.546. The lowest BCUT2D eigenvalue weighted by molar-refractivity contribution is -0.117. The molecule has 52 valence electrons. The molecule has 1 fully saturated rings. The molecule has 0 N–H and O–H groups in total. The summed E-state index contributed by atoms with van der Waals surface area (Å²) in [5.41, 5.74) is -0.123. The van der Waals surface area contributed by atoms with Gasteiger partial charge in [0.15, 0.2) is 0 Å². The Bertz CT molecular complexity index is 136. The highest BCUT2D eigenvalue weighted by Gasteiger charge is 2.51. The van der Waals surface area contributed by atoms with Crippen LogP contribution in [0.5, 0.6) is 0 Å². The van der Waals surface area contributed by atoms with Crippen LogP contribution in [0, 0.1) is 11.3 Å². The van der Waals surface area contributed by atoms with E-state index in [1.165, 1.54) is 0 Å². The van der Waals surface area contributed by atoms with Crippen LogP contribution in [0.3, 0.4) is 0 Å². The van der Waals surface area contributed by atoms with Crippen molar-refractivity contribution in [1.29, 1.82) is 0 Å². The summed E-state index contributed by atoms with van der Waals surface area (Å²) < 4.78 is 0. The first kappa shape index (κ1) is 7.07. The minimum absolute atomic E-state index is 0.123. The number of hydrogen-bond donors (Lipinski definition) is 0. The van der Waals surface area contributed by atoms with E-state index in [-0.39, 0.29) is 10.7 Å². The Morgan fingerprint density at radius 1 is 1.56 bits per heavy atom. The summed E-state index contributed by atoms with van der Waals surface area (Å²) in [5, 5.41) is -0.141. The highest BCUT2D eigenvalue weighted by Crippen LogP contribution is 2.53. The molecule has 0 heterocycles. The number of halogens is 1. The molecule has 1 aliphatic rings. The van der Waals surface area contributed by atoms with E-state index in [0.717, 1.165) is 12.8 Å². The lowest BCUT2D eigenvalue weighted by Crippen LogP contribution is -2.16. The SMILES string of the molecule is CC(C)C1(C(=O)Cl)CC1. The van der Waals surface area contributed by atoms with E-state index in [9.17, 15) is 4.79 Å². The number of rotatable bonds is 2. The smallest absolute Gasteiger partial charge is 0.228 e. The molecular weight excluding hydrogens is 136 g/mol. The maximum Gasteiger partial charge on any atom is 0.228 e. The summed E-state index contributed by atoms with van der Waals surface area (Å²) in [7, 11) is 0. The van der Waals surface area contributed by atoms with Crippen LogP contribution in [-0.4, -0.2) is 5.24 Å². The molecule has 0 aliphatic heterocycles. The van der Waals surface area contributed by atoms with Crippen molar-refractivity contribution in [1.82, 2.24) is 0 Å². The molecule has 0 unspecified atom stereocenters. The molecule has 1 rings (SSSR count). The van der Waals surface area contributed by atoms with Crippen LogP contribution in [0.15, 0.2) is 0 Å². The minimum atomic E-state index is -0.141. The molecule has 0 aromatic heterocycles. The lowest BCUT2D eigenvalue weighted by Gasteiger charge is -2.12. The van der Waals surface area contributed by atoms with Gasteiger partial charge in [0.2, 0.25) is 5.24 Å². The summed E-state index contributed by atoms with van der Waals surface area (Å²) in [6.45, 7) is 4.10. The molecule has 1 aliphatic carbocycles. The van der Waals surface area contributed by atoms with E-state index in [1.54, 1.807) is 0 Å². The van der Waals surface area contributed by atoms with E-state index in [4.69, 9.17) is 11.6 Å². The van der Waals surface area contributed by atoms with Crippen LogP contribution in [0.25, 0.3) is 0 Å². The van der Waals surface area contributed by atoms with Gasteiger partial charge in [-0.1, -0.05) is 13.8 Å². The average Bonchev–Trinajstić information content (AvgIpc) is 2.40. The highest BCUT2D eigenvalue weighted by molar-refractivity contribution is 6.65. The molecule has 0 atom stereocenters. The van der Waals surface area contributed by atoms with Crippen LogP contribution in [0.2, 0.25) is 0 Å². The molecule has 0 spiro atoms. The maximum atomic E-state index is 10.7. The Morgan fingerprint density at radius 3 is 2.00 bits per heavy atom. The Labute approximate surface area is 60.4 Å². The highest BCUT2D eigenvalue weighted by atomic mass is 35.5. The van der Waals surface area contributed by atoms with Gasteiger partial charge in [0, 0.05) is 5.41 Å². The molecule has 1 nitrogen and oxygen atoms in total. The fourth-order valence-corrected chi connectivity index (χ4v) is 1.54. The second-order valence-electron chi connectivity index (χ2n) is 3.08. The fourth-order valence-electron chi connectivity index (χ4n) is 1.14. The molecule has 1 saturated carbocycles. The molecule has 0 bridgehead atoms. The van der Waals surface area contributed by atoms with E-state index >= 15 is 0 Å². The fraction of sp³-hybridized carbons (Fsp3) is 0.857. The average molecular weight is 147 g/mol. The zero-order valence-electron chi connectivity index (χ0n) is 5.78. The normalized spacial score (nSPS) is 22.2. The monoisotopic (exact) mass is 146 g/mol. The van der Waals surface area contributed by atoms with Gasteiger partial charge in [0.25, 0.3) is 0 Å². The van der Waals surface area contributed by atoms with E-state index in [1.807, 2.05) is 13.8 Å². The molecule has 0 aromatic rings. The third kappa shape index (κ3) is 0.983. The largest absolute Gasteiger partial charge is 0.281 e. The topological polar surface area (TPSA) is 17.1 Å². The zero-order chi connectivity index (χ0) is 7.07. The van der Waals surface area contributed by atoms with Crippen LogP contribution < -0.4 is 0 Å². The number of carbonyl (C=O) groups is 1. The van der Waals surface area contributed by atoms with Gasteiger partial charge in [0.05, 0.1) is 0 Å².